The molecule has 3 rings (SSSR count). The molecule has 0 aliphatic carbocycles. The van der Waals surface area contributed by atoms with E-state index in [4.69, 9.17) is 0 Å². The third kappa shape index (κ3) is 3.62. The SMILES string of the molecule is Cc1cnc(NC(=O)c2ccc(C[C@H]3CC(=O)NC3=O)cc2)s1. The first-order chi connectivity index (χ1) is 11.0. The molecule has 1 fully saturated rings. The van der Waals surface area contributed by atoms with Gasteiger partial charge in [0.1, 0.15) is 0 Å². The number of hydrogen-bond donors (Lipinski definition) is 2. The molecule has 0 saturated carbocycles. The first-order valence-electron chi connectivity index (χ1n) is 7.17. The molecule has 7 heteroatoms. The standard InChI is InChI=1S/C16H15N3O3S/c1-9-8-17-16(23-9)19-14(21)11-4-2-10(3-5-11)6-12-7-13(20)18-15(12)22/h2-5,8,12H,6-7H2,1H3,(H,17,19,21)(H,18,20,22)/t12-/m0/s1. The Bertz CT molecular complexity index is 767. The number of anilines is 1. The number of imide groups is 1. The molecule has 1 aliphatic rings. The number of benzene rings is 1. The fraction of sp³-hybridized carbons (Fsp3) is 0.250. The van der Waals surface area contributed by atoms with Crippen LogP contribution in [0.2, 0.25) is 0 Å². The fourth-order valence-corrected chi connectivity index (χ4v) is 3.09. The molecule has 2 heterocycles. The lowest BCUT2D eigenvalue weighted by Gasteiger charge is -2.07. The Morgan fingerprint density at radius 3 is 2.65 bits per heavy atom. The molecule has 3 amide bonds. The third-order valence-corrected chi connectivity index (χ3v) is 4.43. The number of carbonyl (C=O) groups excluding carboxylic acids is 3. The van der Waals surface area contributed by atoms with Crippen LogP contribution in [-0.2, 0) is 16.0 Å². The number of thiazole rings is 1. The van der Waals surface area contributed by atoms with Crippen LogP contribution in [0.4, 0.5) is 5.13 Å². The van der Waals surface area contributed by atoms with Gasteiger partial charge in [-0.05, 0) is 31.0 Å². The van der Waals surface area contributed by atoms with E-state index in [9.17, 15) is 14.4 Å². The van der Waals surface area contributed by atoms with Crippen LogP contribution in [0.5, 0.6) is 0 Å². The second kappa shape index (κ2) is 6.29. The molecule has 0 unspecified atom stereocenters. The second-order valence-corrected chi connectivity index (χ2v) is 6.68. The molecular weight excluding hydrogens is 314 g/mol. The normalized spacial score (nSPS) is 17.2. The molecule has 0 bridgehead atoms. The van der Waals surface area contributed by atoms with Gasteiger partial charge in [0.05, 0.1) is 5.92 Å². The number of rotatable bonds is 4. The van der Waals surface area contributed by atoms with Crippen LogP contribution < -0.4 is 10.6 Å². The van der Waals surface area contributed by atoms with Crippen molar-refractivity contribution in [2.75, 3.05) is 5.32 Å². The van der Waals surface area contributed by atoms with Gasteiger partial charge in [-0.2, -0.15) is 0 Å². The molecule has 1 aromatic heterocycles. The third-order valence-electron chi connectivity index (χ3n) is 3.61. The van der Waals surface area contributed by atoms with E-state index in [0.29, 0.717) is 17.1 Å². The Balaban J connectivity index is 1.63. The molecule has 6 nitrogen and oxygen atoms in total. The average molecular weight is 329 g/mol. The van der Waals surface area contributed by atoms with Gasteiger partial charge in [-0.1, -0.05) is 12.1 Å². The highest BCUT2D eigenvalue weighted by Crippen LogP contribution is 2.19. The number of nitrogens with one attached hydrogen (secondary N) is 2. The van der Waals surface area contributed by atoms with Gasteiger partial charge >= 0.3 is 0 Å². The van der Waals surface area contributed by atoms with Gasteiger partial charge in [0, 0.05) is 23.1 Å². The van der Waals surface area contributed by atoms with Gasteiger partial charge < -0.3 is 0 Å². The number of aromatic nitrogens is 1. The lowest BCUT2D eigenvalue weighted by molar-refractivity contribution is -0.125. The second-order valence-electron chi connectivity index (χ2n) is 5.44. The van der Waals surface area contributed by atoms with Crippen molar-refractivity contribution in [1.29, 1.82) is 0 Å². The summed E-state index contributed by atoms with van der Waals surface area (Å²) in [4.78, 5) is 40.0. The Kier molecular flexibility index (Phi) is 4.20. The zero-order chi connectivity index (χ0) is 16.4. The first kappa shape index (κ1) is 15.4. The molecule has 1 atom stereocenters. The number of carbonyl (C=O) groups is 3. The highest BCUT2D eigenvalue weighted by molar-refractivity contribution is 7.15. The van der Waals surface area contributed by atoms with Crippen molar-refractivity contribution in [3.05, 3.63) is 46.5 Å². The summed E-state index contributed by atoms with van der Waals surface area (Å²) >= 11 is 1.42. The van der Waals surface area contributed by atoms with Crippen LogP contribution in [-0.4, -0.2) is 22.7 Å². The summed E-state index contributed by atoms with van der Waals surface area (Å²) in [5.41, 5.74) is 1.44. The minimum Gasteiger partial charge on any atom is -0.298 e. The van der Waals surface area contributed by atoms with E-state index in [1.54, 1.807) is 30.5 Å². The van der Waals surface area contributed by atoms with Crippen molar-refractivity contribution in [3.8, 4) is 0 Å². The van der Waals surface area contributed by atoms with Crippen molar-refractivity contribution >= 4 is 34.2 Å². The van der Waals surface area contributed by atoms with Crippen LogP contribution in [0.1, 0.15) is 27.2 Å². The summed E-state index contributed by atoms with van der Waals surface area (Å²) in [7, 11) is 0. The van der Waals surface area contributed by atoms with Crippen LogP contribution >= 0.6 is 11.3 Å². The van der Waals surface area contributed by atoms with Gasteiger partial charge in [0.15, 0.2) is 5.13 Å². The molecular formula is C16H15N3O3S. The van der Waals surface area contributed by atoms with Crippen LogP contribution in [0.25, 0.3) is 0 Å². The summed E-state index contributed by atoms with van der Waals surface area (Å²) in [6, 6.07) is 7.02. The van der Waals surface area contributed by atoms with E-state index >= 15 is 0 Å². The van der Waals surface area contributed by atoms with Crippen molar-refractivity contribution in [2.45, 2.75) is 19.8 Å². The summed E-state index contributed by atoms with van der Waals surface area (Å²) in [5, 5.41) is 5.61. The van der Waals surface area contributed by atoms with Crippen molar-refractivity contribution in [3.63, 3.8) is 0 Å². The molecule has 0 spiro atoms. The van der Waals surface area contributed by atoms with Crippen LogP contribution in [0.15, 0.2) is 30.5 Å². The van der Waals surface area contributed by atoms with E-state index in [2.05, 4.69) is 15.6 Å². The first-order valence-corrected chi connectivity index (χ1v) is 7.99. The monoisotopic (exact) mass is 329 g/mol. The molecule has 118 valence electrons. The quantitative estimate of drug-likeness (QED) is 0.839. The van der Waals surface area contributed by atoms with E-state index in [0.717, 1.165) is 10.4 Å². The highest BCUT2D eigenvalue weighted by atomic mass is 32.1. The van der Waals surface area contributed by atoms with Gasteiger partial charge in [0.2, 0.25) is 11.8 Å². The number of amides is 3. The minimum absolute atomic E-state index is 0.223. The average Bonchev–Trinajstić information content (AvgIpc) is 3.05. The Hall–Kier alpha value is -2.54. The predicted octanol–water partition coefficient (Wildman–Crippen LogP) is 1.91. The number of nitrogens with zero attached hydrogens (tertiary/aromatic N) is 1. The Morgan fingerprint density at radius 2 is 2.09 bits per heavy atom. The van der Waals surface area contributed by atoms with Crippen molar-refractivity contribution < 1.29 is 14.4 Å². The largest absolute Gasteiger partial charge is 0.298 e. The van der Waals surface area contributed by atoms with Crippen molar-refractivity contribution in [2.24, 2.45) is 5.92 Å². The molecule has 2 aromatic rings. The maximum atomic E-state index is 12.1. The molecule has 1 saturated heterocycles. The zero-order valence-corrected chi connectivity index (χ0v) is 13.3. The summed E-state index contributed by atoms with van der Waals surface area (Å²) in [6.45, 7) is 1.92. The van der Waals surface area contributed by atoms with E-state index in [-0.39, 0.29) is 30.1 Å². The van der Waals surface area contributed by atoms with E-state index in [1.807, 2.05) is 6.92 Å². The summed E-state index contributed by atoms with van der Waals surface area (Å²) in [5.74, 6) is -0.995. The predicted molar refractivity (Wildman–Crippen MR) is 86.2 cm³/mol. The van der Waals surface area contributed by atoms with Gasteiger partial charge in [-0.3, -0.25) is 25.0 Å². The van der Waals surface area contributed by atoms with Crippen molar-refractivity contribution in [1.82, 2.24) is 10.3 Å². The lowest BCUT2D eigenvalue weighted by atomic mass is 9.97. The highest BCUT2D eigenvalue weighted by Gasteiger charge is 2.30. The Labute approximate surface area is 136 Å². The van der Waals surface area contributed by atoms with Gasteiger partial charge in [-0.25, -0.2) is 4.98 Å². The molecule has 1 aliphatic heterocycles. The van der Waals surface area contributed by atoms with E-state index < -0.39 is 0 Å². The van der Waals surface area contributed by atoms with E-state index in [1.165, 1.54) is 11.3 Å². The van der Waals surface area contributed by atoms with Crippen LogP contribution in [0, 0.1) is 12.8 Å². The zero-order valence-electron chi connectivity index (χ0n) is 12.5. The topological polar surface area (TPSA) is 88.2 Å². The molecule has 1 aromatic carbocycles. The Morgan fingerprint density at radius 1 is 1.35 bits per heavy atom. The maximum Gasteiger partial charge on any atom is 0.257 e. The maximum absolute atomic E-state index is 12.1. The number of hydrogen-bond acceptors (Lipinski definition) is 5. The molecule has 0 radical (unpaired) electrons. The van der Waals surface area contributed by atoms with Crippen LogP contribution in [0.3, 0.4) is 0 Å². The number of aryl methyl sites for hydroxylation is 1. The van der Waals surface area contributed by atoms with Gasteiger partial charge in [-0.15, -0.1) is 11.3 Å². The molecule has 23 heavy (non-hydrogen) atoms. The minimum atomic E-state index is -0.319. The summed E-state index contributed by atoms with van der Waals surface area (Å²) in [6.07, 6.45) is 2.42. The fourth-order valence-electron chi connectivity index (χ4n) is 2.43. The van der Waals surface area contributed by atoms with Gasteiger partial charge in [0.25, 0.3) is 5.91 Å². The summed E-state index contributed by atoms with van der Waals surface area (Å²) < 4.78 is 0. The lowest BCUT2D eigenvalue weighted by Crippen LogP contribution is -2.22. The molecule has 2 N–H and O–H groups in total. The smallest absolute Gasteiger partial charge is 0.257 e.